The standard InChI is InChI=1S/C29H31N5O5/c1-4-33-25-13-14-32(17-19-9-11-22(38-3)12-10-19)18-24(25)28(36)34-27(33)23(16-30-34)26(35)31-21-8-6-7-20(15-21)29(37)39-5-2/h6-12,15-16H,4-5,13-14,17-18H2,1-3H3,(H,31,35). The molecule has 0 unspecified atom stereocenters. The Balaban J connectivity index is 1.43. The van der Waals surface area contributed by atoms with Crippen LogP contribution in [0.1, 0.15) is 51.4 Å². The van der Waals surface area contributed by atoms with Gasteiger partial charge in [0.2, 0.25) is 0 Å². The molecule has 0 saturated heterocycles. The molecule has 1 aliphatic heterocycles. The van der Waals surface area contributed by atoms with Crippen molar-refractivity contribution in [3.8, 4) is 5.75 Å². The predicted octanol–water partition coefficient (Wildman–Crippen LogP) is 3.51. The van der Waals surface area contributed by atoms with E-state index in [2.05, 4.69) is 15.3 Å². The highest BCUT2D eigenvalue weighted by Gasteiger charge is 2.27. The van der Waals surface area contributed by atoms with Gasteiger partial charge in [0.1, 0.15) is 11.3 Å². The minimum absolute atomic E-state index is 0.215. The van der Waals surface area contributed by atoms with Gasteiger partial charge in [0.15, 0.2) is 5.65 Å². The molecule has 0 bridgehead atoms. The SMILES string of the molecule is CCOC(=O)c1cccc(NC(=O)c2cnn3c(=O)c4c(n(CC)c23)CCN(Cc2ccc(OC)cc2)C4)c1. The van der Waals surface area contributed by atoms with Gasteiger partial charge in [-0.3, -0.25) is 14.5 Å². The van der Waals surface area contributed by atoms with Gasteiger partial charge < -0.3 is 19.4 Å². The molecule has 0 atom stereocenters. The molecule has 39 heavy (non-hydrogen) atoms. The third-order valence-electron chi connectivity index (χ3n) is 6.93. The first-order valence-corrected chi connectivity index (χ1v) is 13.0. The summed E-state index contributed by atoms with van der Waals surface area (Å²) < 4.78 is 13.6. The van der Waals surface area contributed by atoms with E-state index in [0.717, 1.165) is 23.6 Å². The van der Waals surface area contributed by atoms with Gasteiger partial charge in [-0.05, 0) is 49.7 Å². The molecule has 10 nitrogen and oxygen atoms in total. The molecule has 4 aromatic rings. The summed E-state index contributed by atoms with van der Waals surface area (Å²) in [6, 6.07) is 14.5. The number of anilines is 1. The van der Waals surface area contributed by atoms with Gasteiger partial charge in [0, 0.05) is 44.0 Å². The maximum atomic E-state index is 13.6. The van der Waals surface area contributed by atoms with Gasteiger partial charge in [-0.25, -0.2) is 4.79 Å². The highest BCUT2D eigenvalue weighted by atomic mass is 16.5. The lowest BCUT2D eigenvalue weighted by atomic mass is 10.0. The minimum atomic E-state index is -0.461. The number of aryl methyl sites for hydroxylation is 1. The Kier molecular flexibility index (Phi) is 7.47. The fraction of sp³-hybridized carbons (Fsp3) is 0.310. The largest absolute Gasteiger partial charge is 0.497 e. The molecular formula is C29H31N5O5. The average Bonchev–Trinajstić information content (AvgIpc) is 3.40. The Hall–Kier alpha value is -4.44. The number of esters is 1. The molecule has 5 rings (SSSR count). The summed E-state index contributed by atoms with van der Waals surface area (Å²) in [5.74, 6) is -0.0669. The number of ether oxygens (including phenoxy) is 2. The van der Waals surface area contributed by atoms with E-state index in [1.165, 1.54) is 10.7 Å². The van der Waals surface area contributed by atoms with Crippen LogP contribution in [0, 0.1) is 0 Å². The lowest BCUT2D eigenvalue weighted by molar-refractivity contribution is 0.0526. The van der Waals surface area contributed by atoms with Gasteiger partial charge >= 0.3 is 5.97 Å². The number of nitrogens with one attached hydrogen (secondary N) is 1. The molecule has 2 aromatic heterocycles. The Labute approximate surface area is 225 Å². The molecule has 0 aliphatic carbocycles. The molecule has 1 aliphatic rings. The highest BCUT2D eigenvalue weighted by Crippen LogP contribution is 2.23. The topological polar surface area (TPSA) is 107 Å². The van der Waals surface area contributed by atoms with Gasteiger partial charge in [0.05, 0.1) is 31.0 Å². The van der Waals surface area contributed by atoms with Crippen molar-refractivity contribution in [2.75, 3.05) is 25.6 Å². The Morgan fingerprint density at radius 1 is 1.10 bits per heavy atom. The molecule has 202 valence electrons. The second-order valence-electron chi connectivity index (χ2n) is 9.33. The number of methoxy groups -OCH3 is 1. The smallest absolute Gasteiger partial charge is 0.338 e. The van der Waals surface area contributed by atoms with E-state index in [9.17, 15) is 14.4 Å². The van der Waals surface area contributed by atoms with Crippen molar-refractivity contribution in [1.82, 2.24) is 19.1 Å². The van der Waals surface area contributed by atoms with E-state index in [1.54, 1.807) is 38.3 Å². The molecule has 0 saturated carbocycles. The van der Waals surface area contributed by atoms with E-state index < -0.39 is 11.9 Å². The summed E-state index contributed by atoms with van der Waals surface area (Å²) >= 11 is 0. The van der Waals surface area contributed by atoms with Gasteiger partial charge in [-0.2, -0.15) is 9.61 Å². The first-order valence-electron chi connectivity index (χ1n) is 13.0. The maximum absolute atomic E-state index is 13.6. The molecule has 10 heteroatoms. The molecule has 0 fully saturated rings. The van der Waals surface area contributed by atoms with Crippen LogP contribution in [0.3, 0.4) is 0 Å². The lowest BCUT2D eigenvalue weighted by Gasteiger charge is -2.30. The van der Waals surface area contributed by atoms with Crippen LogP contribution in [0.2, 0.25) is 0 Å². The second kappa shape index (κ2) is 11.1. The Morgan fingerprint density at radius 2 is 1.90 bits per heavy atom. The van der Waals surface area contributed by atoms with Crippen molar-refractivity contribution in [2.45, 2.75) is 39.9 Å². The van der Waals surface area contributed by atoms with Crippen molar-refractivity contribution in [3.05, 3.63) is 93.0 Å². The fourth-order valence-electron chi connectivity index (χ4n) is 5.07. The zero-order valence-corrected chi connectivity index (χ0v) is 22.3. The first kappa shape index (κ1) is 26.2. The fourth-order valence-corrected chi connectivity index (χ4v) is 5.07. The number of hydrogen-bond donors (Lipinski definition) is 1. The number of aromatic nitrogens is 3. The van der Waals surface area contributed by atoms with Gasteiger partial charge in [-0.1, -0.05) is 18.2 Å². The van der Waals surface area contributed by atoms with Crippen molar-refractivity contribution in [1.29, 1.82) is 0 Å². The normalized spacial score (nSPS) is 13.2. The maximum Gasteiger partial charge on any atom is 0.338 e. The van der Waals surface area contributed by atoms with Crippen molar-refractivity contribution < 1.29 is 19.1 Å². The second-order valence-corrected chi connectivity index (χ2v) is 9.33. The number of amides is 1. The van der Waals surface area contributed by atoms with E-state index in [-0.39, 0.29) is 12.2 Å². The van der Waals surface area contributed by atoms with E-state index in [0.29, 0.717) is 54.1 Å². The summed E-state index contributed by atoms with van der Waals surface area (Å²) in [6.45, 7) is 6.56. The summed E-state index contributed by atoms with van der Waals surface area (Å²) in [5.41, 5.74) is 4.09. The number of carbonyl (C=O) groups excluding carboxylic acids is 2. The van der Waals surface area contributed by atoms with E-state index >= 15 is 0 Å². The van der Waals surface area contributed by atoms with Crippen molar-refractivity contribution in [2.24, 2.45) is 0 Å². The Bertz CT molecular complexity index is 1590. The van der Waals surface area contributed by atoms with Crippen LogP contribution < -0.4 is 15.6 Å². The number of carbonyl (C=O) groups is 2. The third kappa shape index (κ3) is 5.15. The summed E-state index contributed by atoms with van der Waals surface area (Å²) in [5, 5.41) is 7.15. The Morgan fingerprint density at radius 3 is 2.62 bits per heavy atom. The summed E-state index contributed by atoms with van der Waals surface area (Å²) in [6.07, 6.45) is 2.10. The van der Waals surface area contributed by atoms with Crippen LogP contribution in [-0.2, 0) is 30.8 Å². The molecule has 2 aromatic carbocycles. The van der Waals surface area contributed by atoms with Crippen molar-refractivity contribution >= 4 is 23.2 Å². The van der Waals surface area contributed by atoms with Crippen LogP contribution >= 0.6 is 0 Å². The van der Waals surface area contributed by atoms with Crippen LogP contribution in [0.5, 0.6) is 5.75 Å². The van der Waals surface area contributed by atoms with E-state index in [1.807, 2.05) is 35.8 Å². The molecule has 3 heterocycles. The number of benzene rings is 2. The summed E-state index contributed by atoms with van der Waals surface area (Å²) in [4.78, 5) is 41.2. The van der Waals surface area contributed by atoms with Crippen LogP contribution in [0.4, 0.5) is 5.69 Å². The van der Waals surface area contributed by atoms with Crippen LogP contribution in [-0.4, -0.2) is 51.2 Å². The van der Waals surface area contributed by atoms with E-state index in [4.69, 9.17) is 9.47 Å². The first-order chi connectivity index (χ1) is 18.9. The molecule has 0 radical (unpaired) electrons. The summed E-state index contributed by atoms with van der Waals surface area (Å²) in [7, 11) is 1.64. The number of nitrogens with zero attached hydrogens (tertiary/aromatic N) is 4. The van der Waals surface area contributed by atoms with Crippen LogP contribution in [0.15, 0.2) is 59.5 Å². The monoisotopic (exact) mass is 529 g/mol. The zero-order valence-electron chi connectivity index (χ0n) is 22.3. The van der Waals surface area contributed by atoms with Gasteiger partial charge in [0.25, 0.3) is 11.5 Å². The average molecular weight is 530 g/mol. The molecule has 0 spiro atoms. The molecular weight excluding hydrogens is 498 g/mol. The van der Waals surface area contributed by atoms with Gasteiger partial charge in [-0.15, -0.1) is 0 Å². The quantitative estimate of drug-likeness (QED) is 0.348. The lowest BCUT2D eigenvalue weighted by Crippen LogP contribution is -2.38. The van der Waals surface area contributed by atoms with Crippen molar-refractivity contribution in [3.63, 3.8) is 0 Å². The molecule has 1 amide bonds. The third-order valence-corrected chi connectivity index (χ3v) is 6.93. The van der Waals surface area contributed by atoms with Crippen LogP contribution in [0.25, 0.3) is 5.65 Å². The molecule has 1 N–H and O–H groups in total. The number of hydrogen-bond acceptors (Lipinski definition) is 7. The zero-order chi connectivity index (χ0) is 27.5. The minimum Gasteiger partial charge on any atom is -0.497 e. The predicted molar refractivity (Wildman–Crippen MR) is 146 cm³/mol. The number of fused-ring (bicyclic) bond motifs is 2. The number of rotatable bonds is 8. The highest BCUT2D eigenvalue weighted by molar-refractivity contribution is 6.08.